The van der Waals surface area contributed by atoms with Crippen LogP contribution in [0.4, 0.5) is 4.39 Å². The number of nitrogens with one attached hydrogen (secondary N) is 1. The standard InChI is InChI=1S/C13H19ClFNO4S/c1-3-4-10(8-20-2)16-21(18,19)11-5-9(7-17)13(14)12(15)6-11/h5-6,10,16-17H,3-4,7-8H2,1-2H3. The van der Waals surface area contributed by atoms with Crippen LogP contribution >= 0.6 is 11.6 Å². The molecule has 0 spiro atoms. The van der Waals surface area contributed by atoms with E-state index in [1.54, 1.807) is 0 Å². The van der Waals surface area contributed by atoms with E-state index >= 15 is 0 Å². The minimum Gasteiger partial charge on any atom is -0.392 e. The Balaban J connectivity index is 3.09. The first-order chi connectivity index (χ1) is 9.85. The van der Waals surface area contributed by atoms with Gasteiger partial charge in [-0.15, -0.1) is 0 Å². The Kier molecular flexibility index (Phi) is 7.02. The highest BCUT2D eigenvalue weighted by molar-refractivity contribution is 7.89. The number of hydrogen-bond acceptors (Lipinski definition) is 4. The van der Waals surface area contributed by atoms with E-state index < -0.39 is 28.5 Å². The molecule has 0 amide bonds. The molecule has 1 atom stereocenters. The third-order valence-corrected chi connectivity index (χ3v) is 4.81. The molecule has 0 heterocycles. The molecule has 0 aliphatic carbocycles. The monoisotopic (exact) mass is 339 g/mol. The number of methoxy groups -OCH3 is 1. The van der Waals surface area contributed by atoms with E-state index in [2.05, 4.69) is 4.72 Å². The van der Waals surface area contributed by atoms with Crippen LogP contribution in [0.15, 0.2) is 17.0 Å². The van der Waals surface area contributed by atoms with Crippen LogP contribution in [0.1, 0.15) is 25.3 Å². The van der Waals surface area contributed by atoms with Gasteiger partial charge in [0.1, 0.15) is 5.82 Å². The summed E-state index contributed by atoms with van der Waals surface area (Å²) in [5.74, 6) is -0.887. The van der Waals surface area contributed by atoms with Crippen LogP contribution < -0.4 is 4.72 Å². The van der Waals surface area contributed by atoms with E-state index in [-0.39, 0.29) is 22.1 Å². The fourth-order valence-electron chi connectivity index (χ4n) is 1.90. The summed E-state index contributed by atoms with van der Waals surface area (Å²) in [6, 6.07) is 1.59. The minimum atomic E-state index is -3.92. The average molecular weight is 340 g/mol. The smallest absolute Gasteiger partial charge is 0.241 e. The summed E-state index contributed by atoms with van der Waals surface area (Å²) >= 11 is 5.65. The Hall–Kier alpha value is -0.730. The van der Waals surface area contributed by atoms with Gasteiger partial charge in [0.2, 0.25) is 10.0 Å². The van der Waals surface area contributed by atoms with Crippen molar-refractivity contribution in [2.24, 2.45) is 0 Å². The van der Waals surface area contributed by atoms with Crippen molar-refractivity contribution >= 4 is 21.6 Å². The lowest BCUT2D eigenvalue weighted by atomic mass is 10.2. The number of halogens is 2. The third-order valence-electron chi connectivity index (χ3n) is 2.88. The summed E-state index contributed by atoms with van der Waals surface area (Å²) in [5, 5.41) is 8.82. The molecule has 0 aliphatic heterocycles. The van der Waals surface area contributed by atoms with E-state index in [0.29, 0.717) is 6.42 Å². The lowest BCUT2D eigenvalue weighted by Crippen LogP contribution is -2.38. The van der Waals surface area contributed by atoms with Crippen molar-refractivity contribution in [2.75, 3.05) is 13.7 Å². The van der Waals surface area contributed by atoms with E-state index in [9.17, 15) is 12.8 Å². The number of sulfonamides is 1. The van der Waals surface area contributed by atoms with Crippen molar-refractivity contribution in [3.63, 3.8) is 0 Å². The van der Waals surface area contributed by atoms with Gasteiger partial charge in [0.25, 0.3) is 0 Å². The van der Waals surface area contributed by atoms with Crippen LogP contribution in [0.2, 0.25) is 5.02 Å². The molecule has 0 aromatic heterocycles. The molecule has 21 heavy (non-hydrogen) atoms. The number of benzene rings is 1. The summed E-state index contributed by atoms with van der Waals surface area (Å²) in [4.78, 5) is -0.273. The molecule has 1 unspecified atom stereocenters. The van der Waals surface area contributed by atoms with E-state index in [4.69, 9.17) is 21.4 Å². The van der Waals surface area contributed by atoms with Gasteiger partial charge in [0.15, 0.2) is 0 Å². The van der Waals surface area contributed by atoms with E-state index in [1.807, 2.05) is 6.92 Å². The Morgan fingerprint density at radius 2 is 2.14 bits per heavy atom. The second kappa shape index (κ2) is 8.05. The van der Waals surface area contributed by atoms with Crippen molar-refractivity contribution < 1.29 is 22.7 Å². The highest BCUT2D eigenvalue weighted by Gasteiger charge is 2.22. The quantitative estimate of drug-likeness (QED) is 0.760. The zero-order valence-corrected chi connectivity index (χ0v) is 13.5. The first kappa shape index (κ1) is 18.3. The first-order valence-electron chi connectivity index (χ1n) is 6.45. The Bertz CT molecular complexity index is 574. The van der Waals surface area contributed by atoms with Crippen LogP contribution in [-0.4, -0.2) is 33.3 Å². The second-order valence-corrected chi connectivity index (χ2v) is 6.69. The molecule has 0 aliphatic rings. The lowest BCUT2D eigenvalue weighted by Gasteiger charge is -2.17. The normalized spacial score (nSPS) is 13.4. The molecular weight excluding hydrogens is 321 g/mol. The van der Waals surface area contributed by atoms with Crippen molar-refractivity contribution in [3.8, 4) is 0 Å². The SMILES string of the molecule is CCCC(COC)NS(=O)(=O)c1cc(F)c(Cl)c(CO)c1. The molecular formula is C13H19ClFNO4S. The summed E-state index contributed by atoms with van der Waals surface area (Å²) < 4.78 is 45.6. The first-order valence-corrected chi connectivity index (χ1v) is 8.31. The highest BCUT2D eigenvalue weighted by atomic mass is 35.5. The zero-order chi connectivity index (χ0) is 16.0. The molecule has 1 aromatic carbocycles. The van der Waals surface area contributed by atoms with Gasteiger partial charge in [-0.25, -0.2) is 17.5 Å². The lowest BCUT2D eigenvalue weighted by molar-refractivity contribution is 0.171. The van der Waals surface area contributed by atoms with Crippen LogP contribution in [0.3, 0.4) is 0 Å². The van der Waals surface area contributed by atoms with Crippen LogP contribution in [0, 0.1) is 5.82 Å². The van der Waals surface area contributed by atoms with E-state index in [0.717, 1.165) is 18.6 Å². The molecule has 120 valence electrons. The molecule has 8 heteroatoms. The topological polar surface area (TPSA) is 75.6 Å². The molecule has 0 radical (unpaired) electrons. The molecule has 0 saturated heterocycles. The predicted octanol–water partition coefficient (Wildman–Crippen LogP) is 2.06. The Labute approximate surface area is 129 Å². The second-order valence-electron chi connectivity index (χ2n) is 4.60. The van der Waals surface area contributed by atoms with Gasteiger partial charge in [0, 0.05) is 18.7 Å². The number of ether oxygens (including phenoxy) is 1. The molecule has 1 aromatic rings. The van der Waals surface area contributed by atoms with Gasteiger partial charge in [-0.1, -0.05) is 24.9 Å². The maximum Gasteiger partial charge on any atom is 0.241 e. The van der Waals surface area contributed by atoms with Gasteiger partial charge in [-0.2, -0.15) is 0 Å². The highest BCUT2D eigenvalue weighted by Crippen LogP contribution is 2.24. The molecule has 2 N–H and O–H groups in total. The van der Waals surface area contributed by atoms with Gasteiger partial charge in [-0.3, -0.25) is 0 Å². The molecule has 0 fully saturated rings. The summed E-state index contributed by atoms with van der Waals surface area (Å²) in [6.07, 6.45) is 1.36. The third kappa shape index (κ3) is 4.89. The van der Waals surface area contributed by atoms with Gasteiger partial charge in [-0.05, 0) is 18.6 Å². The zero-order valence-electron chi connectivity index (χ0n) is 11.9. The predicted molar refractivity (Wildman–Crippen MR) is 78.2 cm³/mol. The maximum absolute atomic E-state index is 13.6. The largest absolute Gasteiger partial charge is 0.392 e. The maximum atomic E-state index is 13.6. The molecule has 1 rings (SSSR count). The van der Waals surface area contributed by atoms with Crippen LogP contribution in [0.5, 0.6) is 0 Å². The van der Waals surface area contributed by atoms with Crippen LogP contribution in [-0.2, 0) is 21.4 Å². The van der Waals surface area contributed by atoms with Gasteiger partial charge >= 0.3 is 0 Å². The van der Waals surface area contributed by atoms with E-state index in [1.165, 1.54) is 7.11 Å². The van der Waals surface area contributed by atoms with Crippen molar-refractivity contribution in [3.05, 3.63) is 28.5 Å². The summed E-state index contributed by atoms with van der Waals surface area (Å²) in [5.41, 5.74) is 0.0239. The summed E-state index contributed by atoms with van der Waals surface area (Å²) in [6.45, 7) is 1.59. The summed E-state index contributed by atoms with van der Waals surface area (Å²) in [7, 11) is -2.44. The molecule has 0 bridgehead atoms. The minimum absolute atomic E-state index is 0.0239. The van der Waals surface area contributed by atoms with Gasteiger partial charge < -0.3 is 9.84 Å². The number of aliphatic hydroxyl groups is 1. The number of aliphatic hydroxyl groups excluding tert-OH is 1. The molecule has 5 nitrogen and oxygen atoms in total. The fraction of sp³-hybridized carbons (Fsp3) is 0.538. The van der Waals surface area contributed by atoms with Crippen molar-refractivity contribution in [2.45, 2.75) is 37.3 Å². The van der Waals surface area contributed by atoms with Gasteiger partial charge in [0.05, 0.1) is 23.1 Å². The molecule has 0 saturated carbocycles. The average Bonchev–Trinajstić information content (AvgIpc) is 2.41. The number of hydrogen-bond donors (Lipinski definition) is 2. The van der Waals surface area contributed by atoms with Crippen LogP contribution in [0.25, 0.3) is 0 Å². The fourth-order valence-corrected chi connectivity index (χ4v) is 3.39. The Morgan fingerprint density at radius 3 is 2.67 bits per heavy atom. The van der Waals surface area contributed by atoms with Crippen molar-refractivity contribution in [1.29, 1.82) is 0 Å². The van der Waals surface area contributed by atoms with Crippen molar-refractivity contribution in [1.82, 2.24) is 4.72 Å². The number of rotatable bonds is 8. The Morgan fingerprint density at radius 1 is 1.48 bits per heavy atom.